The van der Waals surface area contributed by atoms with Crippen LogP contribution < -0.4 is 0 Å². The minimum Gasteiger partial charge on any atom is -0.381 e. The van der Waals surface area contributed by atoms with Crippen molar-refractivity contribution >= 4 is 22.0 Å². The molecule has 0 N–H and O–H groups in total. The Morgan fingerprint density at radius 2 is 2.44 bits per heavy atom. The van der Waals surface area contributed by atoms with Crippen LogP contribution in [0.5, 0.6) is 0 Å². The number of ether oxygens (including phenoxy) is 1. The fraction of sp³-hybridized carbons (Fsp3) is 0.417. The Morgan fingerprint density at radius 3 is 3.06 bits per heavy atom. The second-order valence-corrected chi connectivity index (χ2v) is 4.76. The van der Waals surface area contributed by atoms with Crippen molar-refractivity contribution < 1.29 is 9.53 Å². The van der Waals surface area contributed by atoms with Crippen LogP contribution in [0.1, 0.15) is 18.0 Å². The number of nitrogens with zero attached hydrogens (tertiary/aromatic N) is 1. The second-order valence-electron chi connectivity index (χ2n) is 3.84. The molecule has 16 heavy (non-hydrogen) atoms. The topological polar surface area (TPSA) is 38.7 Å². The number of halogens is 1. The molecule has 2 rings (SSSR count). The van der Waals surface area contributed by atoms with Crippen LogP contribution in [-0.4, -0.2) is 19.3 Å². The molecule has 0 aliphatic carbocycles. The number of aliphatic imine (C=N–C) groups is 1. The second kappa shape index (κ2) is 5.39. The van der Waals surface area contributed by atoms with Gasteiger partial charge in [-0.25, -0.2) is 4.79 Å². The first-order valence-electron chi connectivity index (χ1n) is 5.21. The minimum atomic E-state index is -0.127. The predicted octanol–water partition coefficient (Wildman–Crippen LogP) is 2.86. The van der Waals surface area contributed by atoms with Gasteiger partial charge in [-0.15, -0.1) is 0 Å². The summed E-state index contributed by atoms with van der Waals surface area (Å²) in [5, 5.41) is 0. The third kappa shape index (κ3) is 2.59. The van der Waals surface area contributed by atoms with E-state index in [-0.39, 0.29) is 12.0 Å². The van der Waals surface area contributed by atoms with Gasteiger partial charge in [0.25, 0.3) is 0 Å². The van der Waals surface area contributed by atoms with Crippen LogP contribution >= 0.6 is 15.9 Å². The van der Waals surface area contributed by atoms with Crippen LogP contribution in [0.25, 0.3) is 0 Å². The number of carbonyl (C=O) groups excluding carboxylic acids is 1. The van der Waals surface area contributed by atoms with Gasteiger partial charge >= 0.3 is 0 Å². The molecule has 1 aromatic rings. The highest BCUT2D eigenvalue weighted by Gasteiger charge is 2.26. The molecule has 1 saturated heterocycles. The lowest BCUT2D eigenvalue weighted by Gasteiger charge is -2.16. The first-order valence-corrected chi connectivity index (χ1v) is 6.01. The molecule has 4 heteroatoms. The molecule has 1 aromatic carbocycles. The van der Waals surface area contributed by atoms with Crippen molar-refractivity contribution in [3.05, 3.63) is 34.3 Å². The molecule has 2 unspecified atom stereocenters. The first-order chi connectivity index (χ1) is 7.81. The SMILES string of the molecule is O=C=NC(c1cccc(Br)c1)C1CCOC1. The molecule has 0 bridgehead atoms. The maximum Gasteiger partial charge on any atom is 0.235 e. The highest BCUT2D eigenvalue weighted by Crippen LogP contribution is 2.32. The van der Waals surface area contributed by atoms with Crippen LogP contribution in [0, 0.1) is 5.92 Å². The van der Waals surface area contributed by atoms with Crippen LogP contribution in [-0.2, 0) is 9.53 Å². The quantitative estimate of drug-likeness (QED) is 0.631. The number of hydrogen-bond donors (Lipinski definition) is 0. The largest absolute Gasteiger partial charge is 0.381 e. The fourth-order valence-corrected chi connectivity index (χ4v) is 2.42. The number of rotatable bonds is 3. The molecule has 0 saturated carbocycles. The maximum absolute atomic E-state index is 10.5. The Labute approximate surface area is 103 Å². The summed E-state index contributed by atoms with van der Waals surface area (Å²) >= 11 is 3.42. The van der Waals surface area contributed by atoms with Crippen molar-refractivity contribution in [2.24, 2.45) is 10.9 Å². The van der Waals surface area contributed by atoms with Gasteiger partial charge in [0.05, 0.1) is 12.6 Å². The maximum atomic E-state index is 10.5. The lowest BCUT2D eigenvalue weighted by molar-refractivity contribution is 0.181. The van der Waals surface area contributed by atoms with Crippen molar-refractivity contribution in [2.75, 3.05) is 13.2 Å². The average molecular weight is 282 g/mol. The minimum absolute atomic E-state index is 0.127. The average Bonchev–Trinajstić information content (AvgIpc) is 2.79. The Balaban J connectivity index is 2.27. The van der Waals surface area contributed by atoms with E-state index in [9.17, 15) is 4.79 Å². The summed E-state index contributed by atoms with van der Waals surface area (Å²) in [5.74, 6) is 0.288. The van der Waals surface area contributed by atoms with E-state index in [0.29, 0.717) is 6.61 Å². The third-order valence-corrected chi connectivity index (χ3v) is 3.29. The van der Waals surface area contributed by atoms with Crippen molar-refractivity contribution in [2.45, 2.75) is 12.5 Å². The van der Waals surface area contributed by atoms with Gasteiger partial charge in [-0.1, -0.05) is 28.1 Å². The molecule has 1 heterocycles. The Kier molecular flexibility index (Phi) is 3.88. The van der Waals surface area contributed by atoms with E-state index in [1.807, 2.05) is 24.3 Å². The zero-order chi connectivity index (χ0) is 11.4. The van der Waals surface area contributed by atoms with Gasteiger partial charge in [-0.05, 0) is 24.1 Å². The lowest BCUT2D eigenvalue weighted by Crippen LogP contribution is -2.11. The van der Waals surface area contributed by atoms with Gasteiger partial charge < -0.3 is 4.74 Å². The molecule has 1 fully saturated rings. The smallest absolute Gasteiger partial charge is 0.235 e. The van der Waals surface area contributed by atoms with E-state index in [4.69, 9.17) is 4.74 Å². The van der Waals surface area contributed by atoms with E-state index in [1.165, 1.54) is 0 Å². The van der Waals surface area contributed by atoms with Crippen LogP contribution in [0.15, 0.2) is 33.7 Å². The van der Waals surface area contributed by atoms with Gasteiger partial charge in [0, 0.05) is 17.0 Å². The highest BCUT2D eigenvalue weighted by molar-refractivity contribution is 9.10. The van der Waals surface area contributed by atoms with E-state index >= 15 is 0 Å². The molecule has 0 radical (unpaired) electrons. The molecule has 2 atom stereocenters. The normalized spacial score (nSPS) is 21.4. The summed E-state index contributed by atoms with van der Waals surface area (Å²) in [6, 6.07) is 7.75. The standard InChI is InChI=1S/C12H12BrNO2/c13-11-3-1-2-9(6-11)12(14-8-15)10-4-5-16-7-10/h1-3,6,10,12H,4-5,7H2. The number of hydrogen-bond acceptors (Lipinski definition) is 3. The van der Waals surface area contributed by atoms with Crippen molar-refractivity contribution in [1.29, 1.82) is 0 Å². The Hall–Kier alpha value is -0.960. The molecule has 0 aromatic heterocycles. The van der Waals surface area contributed by atoms with Gasteiger partial charge in [0.2, 0.25) is 6.08 Å². The van der Waals surface area contributed by atoms with Crippen LogP contribution in [0.2, 0.25) is 0 Å². The first kappa shape index (κ1) is 11.5. The zero-order valence-electron chi connectivity index (χ0n) is 8.73. The summed E-state index contributed by atoms with van der Waals surface area (Å²) in [6.45, 7) is 1.42. The summed E-state index contributed by atoms with van der Waals surface area (Å²) in [6.07, 6.45) is 2.61. The molecule has 3 nitrogen and oxygen atoms in total. The Bertz CT molecular complexity index is 409. The van der Waals surface area contributed by atoms with Crippen LogP contribution in [0.3, 0.4) is 0 Å². The monoisotopic (exact) mass is 281 g/mol. The molecular weight excluding hydrogens is 270 g/mol. The van der Waals surface area contributed by atoms with E-state index in [0.717, 1.165) is 23.1 Å². The summed E-state index contributed by atoms with van der Waals surface area (Å²) in [5.41, 5.74) is 1.04. The molecule has 84 valence electrons. The molecule has 0 amide bonds. The number of benzene rings is 1. The van der Waals surface area contributed by atoms with Gasteiger partial charge in [-0.2, -0.15) is 4.99 Å². The Morgan fingerprint density at radius 1 is 1.56 bits per heavy atom. The van der Waals surface area contributed by atoms with Crippen molar-refractivity contribution in [3.63, 3.8) is 0 Å². The molecule has 0 spiro atoms. The zero-order valence-corrected chi connectivity index (χ0v) is 10.3. The van der Waals surface area contributed by atoms with E-state index in [1.54, 1.807) is 6.08 Å². The van der Waals surface area contributed by atoms with Crippen molar-refractivity contribution in [1.82, 2.24) is 0 Å². The van der Waals surface area contributed by atoms with E-state index in [2.05, 4.69) is 20.9 Å². The molecule has 1 aliphatic heterocycles. The van der Waals surface area contributed by atoms with Gasteiger partial charge in [0.15, 0.2) is 0 Å². The predicted molar refractivity (Wildman–Crippen MR) is 63.9 cm³/mol. The van der Waals surface area contributed by atoms with Gasteiger partial charge in [0.1, 0.15) is 0 Å². The number of isocyanates is 1. The lowest BCUT2D eigenvalue weighted by atomic mass is 9.93. The van der Waals surface area contributed by atoms with Crippen LogP contribution in [0.4, 0.5) is 0 Å². The molecule has 1 aliphatic rings. The highest BCUT2D eigenvalue weighted by atomic mass is 79.9. The summed E-state index contributed by atoms with van der Waals surface area (Å²) in [4.78, 5) is 14.4. The summed E-state index contributed by atoms with van der Waals surface area (Å²) < 4.78 is 6.33. The third-order valence-electron chi connectivity index (χ3n) is 2.79. The fourth-order valence-electron chi connectivity index (χ4n) is 2.00. The molecular formula is C12H12BrNO2. The summed E-state index contributed by atoms with van der Waals surface area (Å²) in [7, 11) is 0. The van der Waals surface area contributed by atoms with Gasteiger partial charge in [-0.3, -0.25) is 0 Å². The van der Waals surface area contributed by atoms with Crippen molar-refractivity contribution in [3.8, 4) is 0 Å². The van der Waals surface area contributed by atoms with E-state index < -0.39 is 0 Å².